The number of methoxy groups -OCH3 is 1. The van der Waals surface area contributed by atoms with Crippen LogP contribution in [0.15, 0.2) is 32.5 Å². The van der Waals surface area contributed by atoms with Gasteiger partial charge >= 0.3 is 5.97 Å². The van der Waals surface area contributed by atoms with Crippen LogP contribution in [0.25, 0.3) is 10.6 Å². The summed E-state index contributed by atoms with van der Waals surface area (Å²) >= 11 is 8.33. The molecule has 94 valence electrons. The van der Waals surface area contributed by atoms with E-state index in [4.69, 9.17) is 0 Å². The zero-order valence-electron chi connectivity index (χ0n) is 9.44. The molecule has 0 aliphatic rings. The van der Waals surface area contributed by atoms with E-state index in [2.05, 4.69) is 41.6 Å². The molecule has 0 aliphatic carbocycles. The molecular formula is C12H9Br2NO2S. The van der Waals surface area contributed by atoms with E-state index in [9.17, 15) is 4.79 Å². The monoisotopic (exact) mass is 389 g/mol. The Balaban J connectivity index is 2.28. The second-order valence-corrected chi connectivity index (χ2v) is 6.73. The van der Waals surface area contributed by atoms with Crippen LogP contribution in [0.3, 0.4) is 0 Å². The van der Waals surface area contributed by atoms with Gasteiger partial charge in [0, 0.05) is 10.0 Å². The number of thiazole rings is 1. The number of carbonyl (C=O) groups is 1. The van der Waals surface area contributed by atoms with Crippen molar-refractivity contribution in [2.24, 2.45) is 0 Å². The number of halogens is 2. The summed E-state index contributed by atoms with van der Waals surface area (Å²) in [6.07, 6.45) is 0.185. The lowest BCUT2D eigenvalue weighted by Gasteiger charge is -1.96. The number of esters is 1. The first kappa shape index (κ1) is 13.7. The number of aromatic nitrogens is 1. The van der Waals surface area contributed by atoms with Crippen LogP contribution in [0, 0.1) is 0 Å². The van der Waals surface area contributed by atoms with Crippen molar-refractivity contribution in [3.63, 3.8) is 0 Å². The van der Waals surface area contributed by atoms with Gasteiger partial charge < -0.3 is 4.74 Å². The average Bonchev–Trinajstić information content (AvgIpc) is 2.71. The Hall–Kier alpha value is -0.720. The van der Waals surface area contributed by atoms with Gasteiger partial charge in [-0.2, -0.15) is 0 Å². The molecule has 1 aromatic heterocycles. The summed E-state index contributed by atoms with van der Waals surface area (Å²) in [6.45, 7) is 0. The molecule has 0 fully saturated rings. The molecule has 2 rings (SSSR count). The molecule has 0 unspecified atom stereocenters. The predicted octanol–water partition coefficient (Wildman–Crippen LogP) is 4.05. The largest absolute Gasteiger partial charge is 0.469 e. The number of ether oxygens (including phenoxy) is 1. The number of carbonyl (C=O) groups excluding carboxylic acids is 1. The molecule has 0 aliphatic heterocycles. The molecule has 0 amide bonds. The van der Waals surface area contributed by atoms with E-state index in [1.807, 2.05) is 24.3 Å². The maximum Gasteiger partial charge on any atom is 0.311 e. The number of hydrogen-bond donors (Lipinski definition) is 0. The molecule has 0 N–H and O–H groups in total. The Morgan fingerprint density at radius 2 is 2.00 bits per heavy atom. The van der Waals surface area contributed by atoms with E-state index in [0.29, 0.717) is 5.69 Å². The second kappa shape index (κ2) is 5.95. The summed E-state index contributed by atoms with van der Waals surface area (Å²) in [7, 11) is 1.37. The fraction of sp³-hybridized carbons (Fsp3) is 0.167. The van der Waals surface area contributed by atoms with Crippen LogP contribution < -0.4 is 0 Å². The fourth-order valence-electron chi connectivity index (χ4n) is 1.37. The highest BCUT2D eigenvalue weighted by Gasteiger charge is 2.14. The first-order chi connectivity index (χ1) is 8.60. The average molecular weight is 391 g/mol. The van der Waals surface area contributed by atoms with Crippen molar-refractivity contribution in [3.8, 4) is 10.6 Å². The lowest BCUT2D eigenvalue weighted by Crippen LogP contribution is -2.05. The Kier molecular flexibility index (Phi) is 4.53. The van der Waals surface area contributed by atoms with Crippen molar-refractivity contribution in [1.82, 2.24) is 4.98 Å². The third kappa shape index (κ3) is 3.18. The highest BCUT2D eigenvalue weighted by atomic mass is 79.9. The molecular weight excluding hydrogens is 382 g/mol. The third-order valence-electron chi connectivity index (χ3n) is 2.28. The highest BCUT2D eigenvalue weighted by Crippen LogP contribution is 2.32. The second-order valence-electron chi connectivity index (χ2n) is 3.50. The van der Waals surface area contributed by atoms with Gasteiger partial charge in [-0.15, -0.1) is 11.3 Å². The van der Waals surface area contributed by atoms with E-state index < -0.39 is 0 Å². The molecule has 1 heterocycles. The molecule has 3 nitrogen and oxygen atoms in total. The van der Waals surface area contributed by atoms with Gasteiger partial charge in [-0.25, -0.2) is 4.98 Å². The predicted molar refractivity (Wildman–Crippen MR) is 78.7 cm³/mol. The van der Waals surface area contributed by atoms with Crippen LogP contribution in [-0.4, -0.2) is 18.1 Å². The quantitative estimate of drug-likeness (QED) is 0.742. The molecule has 0 saturated heterocycles. The molecule has 0 saturated carbocycles. The van der Waals surface area contributed by atoms with Crippen molar-refractivity contribution in [2.75, 3.05) is 7.11 Å². The van der Waals surface area contributed by atoms with E-state index in [0.717, 1.165) is 18.8 Å². The van der Waals surface area contributed by atoms with E-state index in [-0.39, 0.29) is 12.4 Å². The smallest absolute Gasteiger partial charge is 0.311 e. The maximum absolute atomic E-state index is 11.2. The van der Waals surface area contributed by atoms with E-state index in [1.165, 1.54) is 18.4 Å². The van der Waals surface area contributed by atoms with Gasteiger partial charge in [0.2, 0.25) is 0 Å². The van der Waals surface area contributed by atoms with Crippen LogP contribution >= 0.6 is 43.2 Å². The maximum atomic E-state index is 11.2. The van der Waals surface area contributed by atoms with Crippen molar-refractivity contribution < 1.29 is 9.53 Å². The zero-order chi connectivity index (χ0) is 13.1. The first-order valence-corrected chi connectivity index (χ1v) is 7.48. The summed E-state index contributed by atoms with van der Waals surface area (Å²) < 4.78 is 6.53. The molecule has 0 bridgehead atoms. The topological polar surface area (TPSA) is 39.2 Å². The van der Waals surface area contributed by atoms with Crippen LogP contribution in [0.1, 0.15) is 5.69 Å². The van der Waals surface area contributed by atoms with Crippen molar-refractivity contribution in [1.29, 1.82) is 0 Å². The molecule has 1 aromatic carbocycles. The molecule has 18 heavy (non-hydrogen) atoms. The highest BCUT2D eigenvalue weighted by molar-refractivity contribution is 9.11. The van der Waals surface area contributed by atoms with E-state index in [1.54, 1.807) is 0 Å². The lowest BCUT2D eigenvalue weighted by atomic mass is 10.2. The van der Waals surface area contributed by atoms with Gasteiger partial charge in [0.1, 0.15) is 5.01 Å². The normalized spacial score (nSPS) is 10.4. The summed E-state index contributed by atoms with van der Waals surface area (Å²) in [6, 6.07) is 7.89. The summed E-state index contributed by atoms with van der Waals surface area (Å²) in [5.74, 6) is -0.289. The van der Waals surface area contributed by atoms with Gasteiger partial charge in [-0.1, -0.05) is 28.1 Å². The molecule has 0 atom stereocenters. The Morgan fingerprint density at radius 3 is 2.61 bits per heavy atom. The number of benzene rings is 1. The Bertz CT molecular complexity index is 566. The Morgan fingerprint density at radius 1 is 1.33 bits per heavy atom. The third-order valence-corrected chi connectivity index (χ3v) is 4.69. The van der Waals surface area contributed by atoms with Gasteiger partial charge in [0.05, 0.1) is 23.0 Å². The summed E-state index contributed by atoms with van der Waals surface area (Å²) in [5, 5.41) is 0.883. The SMILES string of the molecule is COC(=O)Cc1nc(-c2ccc(Br)cc2)sc1Br. The lowest BCUT2D eigenvalue weighted by molar-refractivity contribution is -0.139. The van der Waals surface area contributed by atoms with Crippen LogP contribution in [0.2, 0.25) is 0 Å². The van der Waals surface area contributed by atoms with Crippen molar-refractivity contribution >= 4 is 49.2 Å². The minimum Gasteiger partial charge on any atom is -0.469 e. The summed E-state index contributed by atoms with van der Waals surface area (Å²) in [4.78, 5) is 15.7. The molecule has 0 radical (unpaired) electrons. The van der Waals surface area contributed by atoms with Gasteiger partial charge in [0.25, 0.3) is 0 Å². The molecule has 0 spiro atoms. The van der Waals surface area contributed by atoms with E-state index >= 15 is 0 Å². The molecule has 6 heteroatoms. The number of rotatable bonds is 3. The van der Waals surface area contributed by atoms with Crippen molar-refractivity contribution in [3.05, 3.63) is 38.2 Å². The minimum atomic E-state index is -0.289. The number of nitrogens with zero attached hydrogens (tertiary/aromatic N) is 1. The Labute approximate surface area is 125 Å². The van der Waals surface area contributed by atoms with Gasteiger partial charge in [-0.05, 0) is 28.1 Å². The number of hydrogen-bond acceptors (Lipinski definition) is 4. The first-order valence-electron chi connectivity index (χ1n) is 5.08. The van der Waals surface area contributed by atoms with Crippen molar-refractivity contribution in [2.45, 2.75) is 6.42 Å². The molecule has 2 aromatic rings. The van der Waals surface area contributed by atoms with Gasteiger partial charge in [-0.3, -0.25) is 4.79 Å². The fourth-order valence-corrected chi connectivity index (χ4v) is 3.14. The van der Waals surface area contributed by atoms with Crippen LogP contribution in [-0.2, 0) is 16.0 Å². The summed E-state index contributed by atoms with van der Waals surface area (Å²) in [5.41, 5.74) is 1.74. The zero-order valence-corrected chi connectivity index (χ0v) is 13.4. The van der Waals surface area contributed by atoms with Crippen LogP contribution in [0.5, 0.6) is 0 Å². The minimum absolute atomic E-state index is 0.185. The van der Waals surface area contributed by atoms with Gasteiger partial charge in [0.15, 0.2) is 0 Å². The standard InChI is InChI=1S/C12H9Br2NO2S/c1-17-10(16)6-9-11(14)18-12(15-9)7-2-4-8(13)5-3-7/h2-5H,6H2,1H3. The van der Waals surface area contributed by atoms with Crippen LogP contribution in [0.4, 0.5) is 0 Å².